The van der Waals surface area contributed by atoms with Gasteiger partial charge in [0.1, 0.15) is 128 Å². The lowest BCUT2D eigenvalue weighted by Gasteiger charge is -2.50. The Bertz CT molecular complexity index is 1600. The highest BCUT2D eigenvalue weighted by molar-refractivity contribution is 5.85. The Balaban J connectivity index is 1.44. The summed E-state index contributed by atoms with van der Waals surface area (Å²) < 4.78 is 62.6. The third-order valence-corrected chi connectivity index (χ3v) is 11.9. The molecule has 5 aliphatic heterocycles. The largest absolute Gasteiger partial charge is 0.444 e. The topological polar surface area (TPSA) is 443 Å². The monoisotopic (exact) mass is 996 g/mol. The van der Waals surface area contributed by atoms with E-state index in [1.165, 1.54) is 13.8 Å². The van der Waals surface area contributed by atoms with E-state index in [1.807, 2.05) is 0 Å². The fourth-order valence-corrected chi connectivity index (χ4v) is 7.95. The lowest BCUT2D eigenvalue weighted by molar-refractivity contribution is -0.378. The van der Waals surface area contributed by atoms with Crippen LogP contribution in [0.4, 0.5) is 4.79 Å². The minimum absolute atomic E-state index is 0.714. The lowest BCUT2D eigenvalue weighted by Crippen LogP contribution is -2.70. The molecule has 0 spiro atoms. The first-order chi connectivity index (χ1) is 31.8. The molecule has 5 fully saturated rings. The number of carbonyl (C=O) groups excluding carboxylic acids is 2. The Morgan fingerprint density at radius 1 is 0.544 bits per heavy atom. The smallest absolute Gasteiger partial charge is 0.408 e. The molecule has 0 unspecified atom stereocenters. The van der Waals surface area contributed by atoms with Crippen molar-refractivity contribution in [2.24, 2.45) is 0 Å². The first kappa shape index (κ1) is 56.7. The zero-order chi connectivity index (χ0) is 50.7. The van der Waals surface area contributed by atoms with E-state index in [1.54, 1.807) is 20.8 Å². The van der Waals surface area contributed by atoms with Crippen molar-refractivity contribution in [1.82, 2.24) is 10.6 Å². The molecule has 396 valence electrons. The Labute approximate surface area is 388 Å². The normalized spacial score (nSPS) is 46.4. The average Bonchev–Trinajstić information content (AvgIpc) is 3.28. The summed E-state index contributed by atoms with van der Waals surface area (Å²) >= 11 is 0. The van der Waals surface area contributed by atoms with Gasteiger partial charge in [0, 0.05) is 7.11 Å². The molecule has 26 atom stereocenters. The van der Waals surface area contributed by atoms with Crippen LogP contribution < -0.4 is 10.6 Å². The molecule has 0 aromatic carbocycles. The van der Waals surface area contributed by atoms with Crippen molar-refractivity contribution in [1.29, 1.82) is 0 Å². The molecule has 5 saturated heterocycles. The van der Waals surface area contributed by atoms with Gasteiger partial charge in [0.2, 0.25) is 5.91 Å². The highest BCUT2D eigenvalue weighted by Gasteiger charge is 2.56. The van der Waals surface area contributed by atoms with E-state index < -0.39 is 204 Å². The Morgan fingerprint density at radius 2 is 0.956 bits per heavy atom. The lowest BCUT2D eigenvalue weighted by atomic mass is 9.94. The van der Waals surface area contributed by atoms with Crippen molar-refractivity contribution in [3.63, 3.8) is 0 Å². The molecule has 0 radical (unpaired) electrons. The van der Waals surface area contributed by atoms with Gasteiger partial charge in [-0.05, 0) is 34.6 Å². The van der Waals surface area contributed by atoms with Gasteiger partial charge in [-0.15, -0.1) is 0 Å². The molecular formula is C39H68N2O27. The summed E-state index contributed by atoms with van der Waals surface area (Å²) in [5, 5.41) is 153. The first-order valence-electron chi connectivity index (χ1n) is 21.9. The second-order valence-electron chi connectivity index (χ2n) is 18.1. The second-order valence-corrected chi connectivity index (χ2v) is 18.1. The maximum Gasteiger partial charge on any atom is 0.408 e. The molecule has 29 heteroatoms. The van der Waals surface area contributed by atoms with Gasteiger partial charge >= 0.3 is 6.09 Å². The maximum atomic E-state index is 13.8. The van der Waals surface area contributed by atoms with E-state index in [0.29, 0.717) is 0 Å². The number of nitrogens with one attached hydrogen (secondary N) is 2. The van der Waals surface area contributed by atoms with Crippen molar-refractivity contribution in [2.75, 3.05) is 33.5 Å². The van der Waals surface area contributed by atoms with Crippen molar-refractivity contribution < 1.29 is 133 Å². The van der Waals surface area contributed by atoms with Gasteiger partial charge in [0.25, 0.3) is 0 Å². The Morgan fingerprint density at radius 3 is 1.43 bits per heavy atom. The second kappa shape index (κ2) is 24.0. The number of hydrogen-bond acceptors (Lipinski definition) is 27. The molecule has 0 aliphatic carbocycles. The van der Waals surface area contributed by atoms with Crippen molar-refractivity contribution in [3.05, 3.63) is 0 Å². The Hall–Kier alpha value is -2.22. The molecule has 0 aromatic heterocycles. The molecular weight excluding hydrogens is 928 g/mol. The van der Waals surface area contributed by atoms with Crippen LogP contribution in [0.3, 0.4) is 0 Å². The number of aliphatic hydroxyl groups is 14. The third-order valence-electron chi connectivity index (χ3n) is 11.9. The van der Waals surface area contributed by atoms with Crippen LogP contribution in [0.2, 0.25) is 0 Å². The summed E-state index contributed by atoms with van der Waals surface area (Å²) in [5.74, 6) is -0.948. The van der Waals surface area contributed by atoms with Gasteiger partial charge in [-0.25, -0.2) is 4.79 Å². The highest BCUT2D eigenvalue weighted by atomic mass is 16.8. The number of hydrogen-bond donors (Lipinski definition) is 16. The third kappa shape index (κ3) is 13.1. The number of ether oxygens (including phenoxy) is 11. The van der Waals surface area contributed by atoms with Gasteiger partial charge in [0.15, 0.2) is 31.5 Å². The van der Waals surface area contributed by atoms with E-state index >= 15 is 0 Å². The van der Waals surface area contributed by atoms with Crippen LogP contribution in [0.15, 0.2) is 0 Å². The molecule has 5 rings (SSSR count). The predicted octanol–water partition coefficient (Wildman–Crippen LogP) is -9.21. The van der Waals surface area contributed by atoms with Gasteiger partial charge < -0.3 is 134 Å². The SMILES string of the molecule is CO[C@H]1O[C@H](CO)[C@H](O[C@H]2O[C@H](CO[C@@H]3O[C@@H](C)[C@H](O)[C@@H](O)[C@H]3O)[C@@H](O)[C@H](O)[C@H]2O)[C@H](O[C@@H]2O[C@H](CO[C@H]3O[C@H](CO)[C@@H](O)[C@H](O)[C@H]3O)[C@@H](O)[C@H](O)[C@H]2O)[C@H]1NC(=O)[C@H](C)NC(=O)OC(C)(C)C. The van der Waals surface area contributed by atoms with E-state index in [2.05, 4.69) is 10.6 Å². The minimum Gasteiger partial charge on any atom is -0.444 e. The van der Waals surface area contributed by atoms with Crippen LogP contribution in [0.1, 0.15) is 34.6 Å². The number of aliphatic hydroxyl groups excluding tert-OH is 14. The summed E-state index contributed by atoms with van der Waals surface area (Å²) in [5.41, 5.74) is -0.964. The van der Waals surface area contributed by atoms with Gasteiger partial charge in [-0.2, -0.15) is 0 Å². The molecule has 0 saturated carbocycles. The number of rotatable bonds is 16. The Kier molecular flexibility index (Phi) is 20.0. The highest BCUT2D eigenvalue weighted by Crippen LogP contribution is 2.35. The first-order valence-corrected chi connectivity index (χ1v) is 21.9. The zero-order valence-corrected chi connectivity index (χ0v) is 37.9. The summed E-state index contributed by atoms with van der Waals surface area (Å²) in [7, 11) is 1.13. The van der Waals surface area contributed by atoms with Crippen LogP contribution in [-0.4, -0.2) is 282 Å². The summed E-state index contributed by atoms with van der Waals surface area (Å²) in [4.78, 5) is 26.4. The molecule has 2 amide bonds. The van der Waals surface area contributed by atoms with E-state index in [-0.39, 0.29) is 0 Å². The van der Waals surface area contributed by atoms with Gasteiger partial charge in [-0.1, -0.05) is 0 Å². The van der Waals surface area contributed by atoms with Crippen molar-refractivity contribution >= 4 is 12.0 Å². The number of alkyl carbamates (subject to hydrolysis) is 1. The quantitative estimate of drug-likeness (QED) is 0.0683. The minimum atomic E-state index is -2.15. The molecule has 68 heavy (non-hydrogen) atoms. The molecule has 29 nitrogen and oxygen atoms in total. The molecule has 5 heterocycles. The number of methoxy groups -OCH3 is 1. The van der Waals surface area contributed by atoms with Crippen molar-refractivity contribution in [2.45, 2.75) is 200 Å². The van der Waals surface area contributed by atoms with Crippen LogP contribution in [-0.2, 0) is 56.9 Å². The predicted molar refractivity (Wildman–Crippen MR) is 215 cm³/mol. The van der Waals surface area contributed by atoms with E-state index in [0.717, 1.165) is 7.11 Å². The van der Waals surface area contributed by atoms with Crippen LogP contribution >= 0.6 is 0 Å². The summed E-state index contributed by atoms with van der Waals surface area (Å²) in [6, 6.07) is -3.01. The van der Waals surface area contributed by atoms with Crippen molar-refractivity contribution in [3.8, 4) is 0 Å². The average molecular weight is 997 g/mol. The van der Waals surface area contributed by atoms with E-state index in [4.69, 9.17) is 52.1 Å². The number of carbonyl (C=O) groups is 2. The van der Waals surface area contributed by atoms with Gasteiger partial charge in [0.05, 0.1) is 32.5 Å². The standard InChI is InChI=1S/C39H68N2O27/c1-11(40-38(57)68-39(3,4)5)32(56)41-17-31(67-37-29(55)25(51)21(47)16(65-37)10-60-35-27(53)23(49)19(45)13(7-42)62-35)30(14(8-43)63-33(17)58-6)66-36-28(54)24(50)20(46)15(64-36)9-59-34-26(52)22(48)18(44)12(2)61-34/h11-31,33-37,42-55H,7-10H2,1-6H3,(H,40,57)(H,41,56)/t11-,12-,13+,14+,15+,16+,17+,18-,19+,20+,21+,22+,23-,24-,25-,26+,27+,28+,29+,30-,31+,33-,34+,35-,36+,37-/m0/s1. The maximum absolute atomic E-state index is 13.8. The van der Waals surface area contributed by atoms with Gasteiger partial charge in [-0.3, -0.25) is 4.79 Å². The summed E-state index contributed by atoms with van der Waals surface area (Å²) in [6.07, 6.45) is -43.7. The zero-order valence-electron chi connectivity index (χ0n) is 37.9. The van der Waals surface area contributed by atoms with Crippen LogP contribution in [0, 0.1) is 0 Å². The molecule has 5 aliphatic rings. The number of amides is 2. The molecule has 0 bridgehead atoms. The van der Waals surface area contributed by atoms with Crippen LogP contribution in [0.25, 0.3) is 0 Å². The molecule has 0 aromatic rings. The fraction of sp³-hybridized carbons (Fsp3) is 0.949. The van der Waals surface area contributed by atoms with E-state index in [9.17, 15) is 81.1 Å². The molecule has 16 N–H and O–H groups in total. The fourth-order valence-electron chi connectivity index (χ4n) is 7.95. The van der Waals surface area contributed by atoms with Crippen LogP contribution in [0.5, 0.6) is 0 Å². The summed E-state index contributed by atoms with van der Waals surface area (Å²) in [6.45, 7) is 4.15.